The maximum absolute atomic E-state index is 11.0. The van der Waals surface area contributed by atoms with Gasteiger partial charge in [0.2, 0.25) is 0 Å². The summed E-state index contributed by atoms with van der Waals surface area (Å²) >= 11 is 0. The van der Waals surface area contributed by atoms with Gasteiger partial charge < -0.3 is 19.7 Å². The number of phenolic OH excluding ortho intramolecular Hbond substituents is 2. The molecule has 148 valence electrons. The highest BCUT2D eigenvalue weighted by Gasteiger charge is 2.37. The van der Waals surface area contributed by atoms with E-state index in [1.807, 2.05) is 12.1 Å². The van der Waals surface area contributed by atoms with Crippen LogP contribution in [-0.4, -0.2) is 42.4 Å². The number of allylic oxidation sites excluding steroid dienone is 1. The molecule has 1 aliphatic carbocycles. The van der Waals surface area contributed by atoms with Crippen molar-refractivity contribution in [2.75, 3.05) is 27.3 Å². The van der Waals surface area contributed by atoms with E-state index in [9.17, 15) is 10.2 Å². The van der Waals surface area contributed by atoms with Gasteiger partial charge in [-0.3, -0.25) is 4.90 Å². The SMILES string of the molecule is CC=C(C)CN1CCc2cc(OC)c(O)c3c2C1Cc1cc(O)c(OC)cc1-3. The van der Waals surface area contributed by atoms with Gasteiger partial charge in [-0.05, 0) is 67.1 Å². The van der Waals surface area contributed by atoms with Crippen molar-refractivity contribution in [1.29, 1.82) is 0 Å². The average Bonchev–Trinajstić information content (AvgIpc) is 2.70. The molecule has 28 heavy (non-hydrogen) atoms. The van der Waals surface area contributed by atoms with Crippen LogP contribution in [0.2, 0.25) is 0 Å². The number of ether oxygens (including phenoxy) is 2. The quantitative estimate of drug-likeness (QED) is 0.777. The zero-order chi connectivity index (χ0) is 20.0. The topological polar surface area (TPSA) is 62.2 Å². The Morgan fingerprint density at radius 3 is 2.57 bits per heavy atom. The van der Waals surface area contributed by atoms with Crippen LogP contribution in [-0.2, 0) is 12.8 Å². The summed E-state index contributed by atoms with van der Waals surface area (Å²) in [6.45, 7) is 6.06. The first kappa shape index (κ1) is 18.7. The lowest BCUT2D eigenvalue weighted by atomic mass is 9.76. The van der Waals surface area contributed by atoms with E-state index in [1.165, 1.54) is 23.8 Å². The zero-order valence-corrected chi connectivity index (χ0v) is 16.9. The van der Waals surface area contributed by atoms with Crippen LogP contribution in [0.3, 0.4) is 0 Å². The molecule has 0 saturated carbocycles. The molecule has 2 N–H and O–H groups in total. The summed E-state index contributed by atoms with van der Waals surface area (Å²) in [5, 5.41) is 21.4. The fraction of sp³-hybridized carbons (Fsp3) is 0.391. The third kappa shape index (κ3) is 2.81. The van der Waals surface area contributed by atoms with E-state index in [4.69, 9.17) is 9.47 Å². The van der Waals surface area contributed by atoms with Gasteiger partial charge in [-0.2, -0.15) is 0 Å². The summed E-state index contributed by atoms with van der Waals surface area (Å²) in [5.41, 5.74) is 6.45. The molecular formula is C23H27NO4. The number of methoxy groups -OCH3 is 2. The predicted molar refractivity (Wildman–Crippen MR) is 109 cm³/mol. The lowest BCUT2D eigenvalue weighted by Crippen LogP contribution is -2.39. The Morgan fingerprint density at radius 2 is 1.89 bits per heavy atom. The molecule has 5 nitrogen and oxygen atoms in total. The van der Waals surface area contributed by atoms with E-state index < -0.39 is 0 Å². The highest BCUT2D eigenvalue weighted by Crippen LogP contribution is 2.53. The summed E-state index contributed by atoms with van der Waals surface area (Å²) in [7, 11) is 3.12. The third-order valence-electron chi connectivity index (χ3n) is 6.09. The zero-order valence-electron chi connectivity index (χ0n) is 16.9. The molecule has 1 aliphatic heterocycles. The highest BCUT2D eigenvalue weighted by atomic mass is 16.5. The molecule has 0 radical (unpaired) electrons. The minimum atomic E-state index is 0.124. The van der Waals surface area contributed by atoms with E-state index >= 15 is 0 Å². The molecule has 0 bridgehead atoms. The first-order valence-electron chi connectivity index (χ1n) is 9.67. The van der Waals surface area contributed by atoms with Crippen molar-refractivity contribution in [2.24, 2.45) is 0 Å². The van der Waals surface area contributed by atoms with E-state index in [0.717, 1.165) is 42.6 Å². The largest absolute Gasteiger partial charge is 0.504 e. The van der Waals surface area contributed by atoms with Crippen LogP contribution in [0.4, 0.5) is 0 Å². The maximum atomic E-state index is 11.0. The molecule has 0 saturated heterocycles. The molecule has 2 aliphatic rings. The number of rotatable bonds is 4. The van der Waals surface area contributed by atoms with Crippen LogP contribution in [0.15, 0.2) is 29.8 Å². The van der Waals surface area contributed by atoms with Crippen LogP contribution in [0.25, 0.3) is 11.1 Å². The number of phenols is 2. The van der Waals surface area contributed by atoms with Crippen LogP contribution in [0, 0.1) is 0 Å². The number of hydrogen-bond donors (Lipinski definition) is 2. The normalized spacial score (nSPS) is 18.4. The van der Waals surface area contributed by atoms with E-state index in [1.54, 1.807) is 13.2 Å². The Morgan fingerprint density at radius 1 is 1.14 bits per heavy atom. The predicted octanol–water partition coefficient (Wildman–Crippen LogP) is 4.20. The van der Waals surface area contributed by atoms with Crippen LogP contribution < -0.4 is 9.47 Å². The Hall–Kier alpha value is -2.66. The fourth-order valence-corrected chi connectivity index (χ4v) is 4.55. The second-order valence-electron chi connectivity index (χ2n) is 7.63. The summed E-state index contributed by atoms with van der Waals surface area (Å²) in [5.74, 6) is 1.18. The summed E-state index contributed by atoms with van der Waals surface area (Å²) in [4.78, 5) is 2.47. The Labute approximate surface area is 165 Å². The Balaban J connectivity index is 1.95. The van der Waals surface area contributed by atoms with Crippen molar-refractivity contribution in [3.63, 3.8) is 0 Å². The summed E-state index contributed by atoms with van der Waals surface area (Å²) in [6, 6.07) is 5.73. The molecule has 4 rings (SSSR count). The van der Waals surface area contributed by atoms with Gasteiger partial charge >= 0.3 is 0 Å². The molecule has 5 heteroatoms. The molecular weight excluding hydrogens is 354 g/mol. The van der Waals surface area contributed by atoms with Crippen LogP contribution in [0.1, 0.15) is 36.6 Å². The lowest BCUT2D eigenvalue weighted by Gasteiger charge is -2.42. The molecule has 0 spiro atoms. The van der Waals surface area contributed by atoms with Crippen molar-refractivity contribution in [3.05, 3.63) is 46.5 Å². The van der Waals surface area contributed by atoms with E-state index in [-0.39, 0.29) is 17.5 Å². The molecule has 2 aromatic rings. The van der Waals surface area contributed by atoms with Crippen molar-refractivity contribution in [1.82, 2.24) is 4.90 Å². The van der Waals surface area contributed by atoms with Gasteiger partial charge in [0, 0.05) is 24.7 Å². The van der Waals surface area contributed by atoms with Gasteiger partial charge in [0.15, 0.2) is 23.0 Å². The minimum Gasteiger partial charge on any atom is -0.504 e. The Kier molecular flexibility index (Phi) is 4.71. The van der Waals surface area contributed by atoms with Crippen molar-refractivity contribution < 1.29 is 19.7 Å². The number of fused-ring (bicyclic) bond motifs is 2. The Bertz CT molecular complexity index is 964. The highest BCUT2D eigenvalue weighted by molar-refractivity contribution is 5.84. The van der Waals surface area contributed by atoms with E-state index in [0.29, 0.717) is 11.5 Å². The number of nitrogens with zero attached hydrogens (tertiary/aromatic N) is 1. The molecule has 1 unspecified atom stereocenters. The third-order valence-corrected chi connectivity index (χ3v) is 6.09. The van der Waals surface area contributed by atoms with Crippen LogP contribution >= 0.6 is 0 Å². The first-order valence-corrected chi connectivity index (χ1v) is 9.67. The smallest absolute Gasteiger partial charge is 0.166 e. The number of hydrogen-bond acceptors (Lipinski definition) is 5. The summed E-state index contributed by atoms with van der Waals surface area (Å²) < 4.78 is 10.8. The lowest BCUT2D eigenvalue weighted by molar-refractivity contribution is 0.197. The molecule has 2 aromatic carbocycles. The molecule has 0 fully saturated rings. The molecule has 1 heterocycles. The standard InChI is InChI=1S/C23H27NO4/c1-5-13(2)12-24-7-6-14-10-20(28-4)23(26)22-16-11-19(27-3)18(25)9-15(16)8-17(24)21(14)22/h5,9-11,17,25-26H,6-8,12H2,1-4H3. The second-order valence-corrected chi connectivity index (χ2v) is 7.63. The maximum Gasteiger partial charge on any atom is 0.166 e. The van der Waals surface area contributed by atoms with Gasteiger partial charge in [-0.1, -0.05) is 11.6 Å². The average molecular weight is 381 g/mol. The second kappa shape index (κ2) is 7.06. The fourth-order valence-electron chi connectivity index (χ4n) is 4.55. The van der Waals surface area contributed by atoms with Gasteiger partial charge in [0.05, 0.1) is 14.2 Å². The van der Waals surface area contributed by atoms with Gasteiger partial charge in [0.25, 0.3) is 0 Å². The monoisotopic (exact) mass is 381 g/mol. The van der Waals surface area contributed by atoms with Crippen LogP contribution in [0.5, 0.6) is 23.0 Å². The molecule has 0 aromatic heterocycles. The van der Waals surface area contributed by atoms with Crippen molar-refractivity contribution >= 4 is 0 Å². The van der Waals surface area contributed by atoms with E-state index in [2.05, 4.69) is 24.8 Å². The minimum absolute atomic E-state index is 0.124. The van der Waals surface area contributed by atoms with Crippen molar-refractivity contribution in [2.45, 2.75) is 32.7 Å². The molecule has 0 amide bonds. The van der Waals surface area contributed by atoms with Gasteiger partial charge in [-0.15, -0.1) is 0 Å². The number of benzene rings is 2. The van der Waals surface area contributed by atoms with Gasteiger partial charge in [-0.25, -0.2) is 0 Å². The molecule has 1 atom stereocenters. The van der Waals surface area contributed by atoms with Gasteiger partial charge in [0.1, 0.15) is 0 Å². The summed E-state index contributed by atoms with van der Waals surface area (Å²) in [6.07, 6.45) is 3.85. The number of aromatic hydroxyl groups is 2. The van der Waals surface area contributed by atoms with Crippen molar-refractivity contribution in [3.8, 4) is 34.1 Å². The first-order chi connectivity index (χ1) is 13.5.